The molecule has 12 heavy (non-hydrogen) atoms. The molecule has 0 unspecified atom stereocenters. The Labute approximate surface area is 71.3 Å². The van der Waals surface area contributed by atoms with E-state index < -0.39 is 0 Å². The summed E-state index contributed by atoms with van der Waals surface area (Å²) in [6.45, 7) is 3.70. The molecular formula is C8H13NO3. The van der Waals surface area contributed by atoms with E-state index in [4.69, 9.17) is 4.74 Å². The molecular weight excluding hydrogens is 158 g/mol. The van der Waals surface area contributed by atoms with Gasteiger partial charge in [-0.3, -0.25) is 9.59 Å². The van der Waals surface area contributed by atoms with Gasteiger partial charge in [0, 0.05) is 25.3 Å². The lowest BCUT2D eigenvalue weighted by atomic mass is 9.86. The molecule has 1 N–H and O–H groups in total. The highest BCUT2D eigenvalue weighted by Gasteiger charge is 2.37. The molecule has 1 aliphatic rings. The van der Waals surface area contributed by atoms with Crippen LogP contribution in [0.3, 0.4) is 0 Å². The average Bonchev–Trinajstić information content (AvgIpc) is 1.83. The predicted molar refractivity (Wildman–Crippen MR) is 42.4 cm³/mol. The Hall–Kier alpha value is -1.06. The summed E-state index contributed by atoms with van der Waals surface area (Å²) in [6.07, 6.45) is 1.23. The summed E-state index contributed by atoms with van der Waals surface area (Å²) < 4.78 is 4.76. The van der Waals surface area contributed by atoms with Gasteiger partial charge in [0.2, 0.25) is 5.91 Å². The number of rotatable bonds is 3. The van der Waals surface area contributed by atoms with Gasteiger partial charge in [-0.15, -0.1) is 0 Å². The number of carbonyl (C=O) groups excluding carboxylic acids is 2. The lowest BCUT2D eigenvalue weighted by molar-refractivity contribution is -0.142. The van der Waals surface area contributed by atoms with Crippen molar-refractivity contribution < 1.29 is 14.3 Å². The SMILES string of the molecule is CC(=O)OCC[C@]1(C)CC(=O)N1. The Morgan fingerprint density at radius 2 is 2.33 bits per heavy atom. The predicted octanol–water partition coefficient (Wildman–Crippen LogP) is 0.218. The number of esters is 1. The second-order valence-corrected chi connectivity index (χ2v) is 3.38. The minimum atomic E-state index is -0.274. The molecule has 1 rings (SSSR count). The van der Waals surface area contributed by atoms with Crippen LogP contribution in [-0.4, -0.2) is 24.0 Å². The molecule has 0 radical (unpaired) electrons. The zero-order valence-electron chi connectivity index (χ0n) is 7.35. The van der Waals surface area contributed by atoms with E-state index in [1.165, 1.54) is 6.92 Å². The third-order valence-electron chi connectivity index (χ3n) is 1.95. The monoisotopic (exact) mass is 171 g/mol. The highest BCUT2D eigenvalue weighted by molar-refractivity contribution is 5.84. The highest BCUT2D eigenvalue weighted by atomic mass is 16.5. The quantitative estimate of drug-likeness (QED) is 0.488. The standard InChI is InChI=1S/C8H13NO3/c1-6(10)12-4-3-8(2)5-7(11)9-8/h3-5H2,1-2H3,(H,9,11)/t8-/m1/s1. The Morgan fingerprint density at radius 1 is 1.75 bits per heavy atom. The first kappa shape index (κ1) is 9.03. The first-order chi connectivity index (χ1) is 5.52. The van der Waals surface area contributed by atoms with Gasteiger partial charge in [0.1, 0.15) is 0 Å². The van der Waals surface area contributed by atoms with Crippen molar-refractivity contribution in [2.45, 2.75) is 32.2 Å². The van der Waals surface area contributed by atoms with Crippen molar-refractivity contribution in [1.29, 1.82) is 0 Å². The summed E-state index contributed by atoms with van der Waals surface area (Å²) in [5.74, 6) is -0.204. The fourth-order valence-corrected chi connectivity index (χ4v) is 1.24. The Balaban J connectivity index is 2.15. The van der Waals surface area contributed by atoms with E-state index in [1.54, 1.807) is 0 Å². The summed E-state index contributed by atoms with van der Waals surface area (Å²) in [5, 5.41) is 2.76. The number of β-lactam (4-membered cyclic amide) rings is 1. The van der Waals surface area contributed by atoms with E-state index in [9.17, 15) is 9.59 Å². The van der Waals surface area contributed by atoms with Crippen LogP contribution in [0.1, 0.15) is 26.7 Å². The molecule has 0 aliphatic carbocycles. The van der Waals surface area contributed by atoms with Gasteiger partial charge >= 0.3 is 5.97 Å². The van der Waals surface area contributed by atoms with Crippen molar-refractivity contribution in [3.05, 3.63) is 0 Å². The van der Waals surface area contributed by atoms with Gasteiger partial charge in [0.15, 0.2) is 0 Å². The topological polar surface area (TPSA) is 55.4 Å². The van der Waals surface area contributed by atoms with Gasteiger partial charge < -0.3 is 10.1 Å². The molecule has 1 aliphatic heterocycles. The number of amides is 1. The van der Waals surface area contributed by atoms with Crippen molar-refractivity contribution in [2.75, 3.05) is 6.61 Å². The molecule has 0 saturated carbocycles. The number of carbonyl (C=O) groups is 2. The van der Waals surface area contributed by atoms with E-state index in [-0.39, 0.29) is 17.4 Å². The summed E-state index contributed by atoms with van der Waals surface area (Å²) in [7, 11) is 0. The molecule has 1 heterocycles. The van der Waals surface area contributed by atoms with Crippen molar-refractivity contribution in [2.24, 2.45) is 0 Å². The fraction of sp³-hybridized carbons (Fsp3) is 0.750. The molecule has 0 spiro atoms. The molecule has 0 aromatic heterocycles. The Bertz CT molecular complexity index is 204. The molecule has 1 saturated heterocycles. The largest absolute Gasteiger partial charge is 0.466 e. The maximum Gasteiger partial charge on any atom is 0.302 e. The van der Waals surface area contributed by atoms with Crippen LogP contribution in [-0.2, 0) is 14.3 Å². The van der Waals surface area contributed by atoms with Crippen LogP contribution in [0.15, 0.2) is 0 Å². The van der Waals surface area contributed by atoms with Gasteiger partial charge in [0.05, 0.1) is 6.61 Å². The van der Waals surface area contributed by atoms with Gasteiger partial charge in [-0.05, 0) is 6.92 Å². The van der Waals surface area contributed by atoms with Crippen LogP contribution in [0, 0.1) is 0 Å². The first-order valence-electron chi connectivity index (χ1n) is 3.96. The lowest BCUT2D eigenvalue weighted by Gasteiger charge is -2.38. The lowest BCUT2D eigenvalue weighted by Crippen LogP contribution is -2.59. The van der Waals surface area contributed by atoms with Crippen molar-refractivity contribution >= 4 is 11.9 Å². The Kier molecular flexibility index (Phi) is 2.35. The van der Waals surface area contributed by atoms with Crippen LogP contribution in [0.25, 0.3) is 0 Å². The van der Waals surface area contributed by atoms with Crippen LogP contribution >= 0.6 is 0 Å². The van der Waals surface area contributed by atoms with E-state index in [1.807, 2.05) is 6.92 Å². The second-order valence-electron chi connectivity index (χ2n) is 3.38. The minimum absolute atomic E-state index is 0.0697. The summed E-state index contributed by atoms with van der Waals surface area (Å²) in [4.78, 5) is 21.0. The zero-order chi connectivity index (χ0) is 9.19. The molecule has 68 valence electrons. The van der Waals surface area contributed by atoms with Crippen molar-refractivity contribution in [3.8, 4) is 0 Å². The Morgan fingerprint density at radius 3 is 2.75 bits per heavy atom. The third kappa shape index (κ3) is 2.22. The van der Waals surface area contributed by atoms with Gasteiger partial charge in [-0.2, -0.15) is 0 Å². The molecule has 1 fully saturated rings. The van der Waals surface area contributed by atoms with E-state index in [0.29, 0.717) is 19.4 Å². The maximum absolute atomic E-state index is 10.6. The van der Waals surface area contributed by atoms with Gasteiger partial charge in [0.25, 0.3) is 0 Å². The molecule has 1 atom stereocenters. The van der Waals surface area contributed by atoms with Gasteiger partial charge in [-0.25, -0.2) is 0 Å². The molecule has 0 aromatic rings. The van der Waals surface area contributed by atoms with Crippen LogP contribution in [0.4, 0.5) is 0 Å². The molecule has 0 aromatic carbocycles. The number of ether oxygens (including phenoxy) is 1. The van der Waals surface area contributed by atoms with E-state index >= 15 is 0 Å². The normalized spacial score (nSPS) is 27.3. The number of hydrogen-bond acceptors (Lipinski definition) is 3. The minimum Gasteiger partial charge on any atom is -0.466 e. The summed E-state index contributed by atoms with van der Waals surface area (Å²) in [5.41, 5.74) is -0.146. The van der Waals surface area contributed by atoms with Crippen molar-refractivity contribution in [3.63, 3.8) is 0 Å². The highest BCUT2D eigenvalue weighted by Crippen LogP contribution is 2.22. The first-order valence-corrected chi connectivity index (χ1v) is 3.96. The zero-order valence-corrected chi connectivity index (χ0v) is 7.35. The average molecular weight is 171 g/mol. The van der Waals surface area contributed by atoms with E-state index in [2.05, 4.69) is 5.32 Å². The number of nitrogens with one attached hydrogen (secondary N) is 1. The summed E-state index contributed by atoms with van der Waals surface area (Å²) in [6, 6.07) is 0. The maximum atomic E-state index is 10.6. The molecule has 4 heteroatoms. The molecule has 4 nitrogen and oxygen atoms in total. The summed E-state index contributed by atoms with van der Waals surface area (Å²) >= 11 is 0. The smallest absolute Gasteiger partial charge is 0.302 e. The number of hydrogen-bond donors (Lipinski definition) is 1. The van der Waals surface area contributed by atoms with Crippen LogP contribution < -0.4 is 5.32 Å². The van der Waals surface area contributed by atoms with Gasteiger partial charge in [-0.1, -0.05) is 0 Å². The van der Waals surface area contributed by atoms with E-state index in [0.717, 1.165) is 0 Å². The molecule has 0 bridgehead atoms. The molecule has 1 amide bonds. The van der Waals surface area contributed by atoms with Crippen LogP contribution in [0.5, 0.6) is 0 Å². The second kappa shape index (κ2) is 3.13. The van der Waals surface area contributed by atoms with Crippen LogP contribution in [0.2, 0.25) is 0 Å². The van der Waals surface area contributed by atoms with Crippen molar-refractivity contribution in [1.82, 2.24) is 5.32 Å². The third-order valence-corrected chi connectivity index (χ3v) is 1.95. The fourth-order valence-electron chi connectivity index (χ4n) is 1.24.